The highest BCUT2D eigenvalue weighted by Gasteiger charge is 2.14. The Morgan fingerprint density at radius 3 is 2.85 bits per heavy atom. The van der Waals surface area contributed by atoms with Gasteiger partial charge < -0.3 is 10.7 Å². The number of aromatic nitrogens is 2. The topological polar surface area (TPSA) is 54.7 Å². The lowest BCUT2D eigenvalue weighted by Gasteiger charge is -2.06. The van der Waals surface area contributed by atoms with Crippen LogP contribution in [0.3, 0.4) is 0 Å². The number of nitrogen functional groups attached to an aromatic ring is 1. The van der Waals surface area contributed by atoms with Crippen LogP contribution in [0.15, 0.2) is 6.20 Å². The van der Waals surface area contributed by atoms with Gasteiger partial charge >= 0.3 is 0 Å². The van der Waals surface area contributed by atoms with E-state index in [0.29, 0.717) is 5.95 Å². The zero-order valence-electron chi connectivity index (χ0n) is 7.92. The highest BCUT2D eigenvalue weighted by Crippen LogP contribution is 2.28. The van der Waals surface area contributed by atoms with E-state index in [2.05, 4.69) is 9.97 Å². The van der Waals surface area contributed by atoms with E-state index in [0.717, 1.165) is 12.3 Å². The molecule has 1 saturated carbocycles. The van der Waals surface area contributed by atoms with Crippen molar-refractivity contribution in [3.05, 3.63) is 11.9 Å². The van der Waals surface area contributed by atoms with E-state index in [1.165, 1.54) is 37.8 Å². The summed E-state index contributed by atoms with van der Waals surface area (Å²) in [5.74, 6) is 1.49. The van der Waals surface area contributed by atoms with Crippen LogP contribution in [0.1, 0.15) is 37.8 Å². The molecule has 1 heterocycles. The molecule has 1 aliphatic carbocycles. The minimum atomic E-state index is 0.543. The summed E-state index contributed by atoms with van der Waals surface area (Å²) in [6.45, 7) is 0. The molecule has 0 saturated heterocycles. The van der Waals surface area contributed by atoms with E-state index in [4.69, 9.17) is 5.73 Å². The quantitative estimate of drug-likeness (QED) is 0.746. The molecule has 2 rings (SSSR count). The van der Waals surface area contributed by atoms with E-state index >= 15 is 0 Å². The molecule has 72 valence electrons. The van der Waals surface area contributed by atoms with Crippen molar-refractivity contribution in [2.24, 2.45) is 5.92 Å². The van der Waals surface area contributed by atoms with Gasteiger partial charge in [-0.15, -0.1) is 0 Å². The van der Waals surface area contributed by atoms with Crippen molar-refractivity contribution < 1.29 is 0 Å². The van der Waals surface area contributed by atoms with E-state index in [1.54, 1.807) is 0 Å². The van der Waals surface area contributed by atoms with Crippen molar-refractivity contribution in [3.8, 4) is 0 Å². The molecule has 0 bridgehead atoms. The fraction of sp³-hybridized carbons (Fsp3) is 0.700. The predicted octanol–water partition coefficient (Wildman–Crippen LogP) is 2.11. The number of nitrogens with two attached hydrogens (primary N) is 1. The average Bonchev–Trinajstić information content (AvgIpc) is 2.71. The lowest BCUT2D eigenvalue weighted by molar-refractivity contribution is 0.501. The number of hydrogen-bond donors (Lipinski definition) is 2. The number of H-pyrrole nitrogens is 1. The summed E-state index contributed by atoms with van der Waals surface area (Å²) in [5.41, 5.74) is 6.68. The van der Waals surface area contributed by atoms with Crippen molar-refractivity contribution in [1.29, 1.82) is 0 Å². The molecular formula is C10H17N3. The largest absolute Gasteiger partial charge is 0.369 e. The average molecular weight is 179 g/mol. The maximum absolute atomic E-state index is 5.50. The van der Waals surface area contributed by atoms with Crippen molar-refractivity contribution >= 4 is 5.95 Å². The Kier molecular flexibility index (Phi) is 2.52. The minimum Gasteiger partial charge on any atom is -0.369 e. The molecule has 1 aliphatic rings. The Morgan fingerprint density at radius 2 is 2.23 bits per heavy atom. The summed E-state index contributed by atoms with van der Waals surface area (Å²) < 4.78 is 0. The molecule has 0 atom stereocenters. The summed E-state index contributed by atoms with van der Waals surface area (Å²) in [5, 5.41) is 0. The van der Waals surface area contributed by atoms with Crippen molar-refractivity contribution in [1.82, 2.24) is 9.97 Å². The molecule has 3 N–H and O–H groups in total. The van der Waals surface area contributed by atoms with E-state index < -0.39 is 0 Å². The van der Waals surface area contributed by atoms with Gasteiger partial charge in [0.05, 0.1) is 6.20 Å². The van der Waals surface area contributed by atoms with Crippen LogP contribution < -0.4 is 5.73 Å². The fourth-order valence-corrected chi connectivity index (χ4v) is 2.16. The Balaban J connectivity index is 1.78. The molecule has 3 heteroatoms. The Hall–Kier alpha value is -0.990. The van der Waals surface area contributed by atoms with Crippen LogP contribution in [0.5, 0.6) is 0 Å². The van der Waals surface area contributed by atoms with Gasteiger partial charge in [-0.1, -0.05) is 25.7 Å². The molecular weight excluding hydrogens is 162 g/mol. The number of nitrogens with zero attached hydrogens (tertiary/aromatic N) is 1. The van der Waals surface area contributed by atoms with Gasteiger partial charge in [0.1, 0.15) is 0 Å². The van der Waals surface area contributed by atoms with Crippen LogP contribution in [0.25, 0.3) is 0 Å². The van der Waals surface area contributed by atoms with Gasteiger partial charge in [-0.2, -0.15) is 0 Å². The number of aromatic amines is 1. The first kappa shape index (κ1) is 8.60. The summed E-state index contributed by atoms with van der Waals surface area (Å²) >= 11 is 0. The molecule has 1 fully saturated rings. The van der Waals surface area contributed by atoms with Gasteiger partial charge in [0.2, 0.25) is 0 Å². The molecule has 0 spiro atoms. The number of aryl methyl sites for hydroxylation is 1. The zero-order valence-corrected chi connectivity index (χ0v) is 7.92. The molecule has 0 amide bonds. The van der Waals surface area contributed by atoms with Gasteiger partial charge in [0, 0.05) is 5.69 Å². The number of hydrogen-bond acceptors (Lipinski definition) is 2. The first-order chi connectivity index (χ1) is 6.34. The highest BCUT2D eigenvalue weighted by molar-refractivity contribution is 5.18. The third-order valence-corrected chi connectivity index (χ3v) is 2.94. The normalized spacial score (nSPS) is 18.2. The summed E-state index contributed by atoms with van der Waals surface area (Å²) in [6.07, 6.45) is 9.94. The summed E-state index contributed by atoms with van der Waals surface area (Å²) in [7, 11) is 0. The van der Waals surface area contributed by atoms with Crippen molar-refractivity contribution in [3.63, 3.8) is 0 Å². The molecule has 13 heavy (non-hydrogen) atoms. The van der Waals surface area contributed by atoms with Crippen LogP contribution in [0, 0.1) is 5.92 Å². The van der Waals surface area contributed by atoms with Gasteiger partial charge in [-0.3, -0.25) is 0 Å². The van der Waals surface area contributed by atoms with Crippen molar-refractivity contribution in [2.45, 2.75) is 38.5 Å². The third-order valence-electron chi connectivity index (χ3n) is 2.94. The van der Waals surface area contributed by atoms with Crippen LogP contribution in [0.2, 0.25) is 0 Å². The number of imidazole rings is 1. The van der Waals surface area contributed by atoms with E-state index in [1.807, 2.05) is 6.20 Å². The van der Waals surface area contributed by atoms with Crippen LogP contribution in [0.4, 0.5) is 5.95 Å². The molecule has 0 unspecified atom stereocenters. The van der Waals surface area contributed by atoms with Crippen LogP contribution in [-0.4, -0.2) is 9.97 Å². The number of rotatable bonds is 3. The second-order valence-corrected chi connectivity index (χ2v) is 3.98. The SMILES string of the molecule is Nc1ncc(CCC2CCCC2)[nH]1. The van der Waals surface area contributed by atoms with Gasteiger partial charge in [0.25, 0.3) is 0 Å². The predicted molar refractivity (Wildman–Crippen MR) is 53.3 cm³/mol. The fourth-order valence-electron chi connectivity index (χ4n) is 2.16. The number of anilines is 1. The molecule has 0 aliphatic heterocycles. The smallest absolute Gasteiger partial charge is 0.197 e. The van der Waals surface area contributed by atoms with E-state index in [9.17, 15) is 0 Å². The highest BCUT2D eigenvalue weighted by atomic mass is 15.0. The number of nitrogens with one attached hydrogen (secondary N) is 1. The van der Waals surface area contributed by atoms with Crippen LogP contribution in [-0.2, 0) is 6.42 Å². The molecule has 1 aromatic rings. The molecule has 1 aromatic heterocycles. The lowest BCUT2D eigenvalue weighted by Crippen LogP contribution is -1.96. The Labute approximate surface area is 78.7 Å². The molecule has 0 aromatic carbocycles. The summed E-state index contributed by atoms with van der Waals surface area (Å²) in [6, 6.07) is 0. The Bertz CT molecular complexity index is 261. The maximum Gasteiger partial charge on any atom is 0.197 e. The first-order valence-corrected chi connectivity index (χ1v) is 5.14. The maximum atomic E-state index is 5.50. The first-order valence-electron chi connectivity index (χ1n) is 5.14. The second-order valence-electron chi connectivity index (χ2n) is 3.98. The second kappa shape index (κ2) is 3.81. The summed E-state index contributed by atoms with van der Waals surface area (Å²) in [4.78, 5) is 7.05. The van der Waals surface area contributed by atoms with Gasteiger partial charge in [-0.25, -0.2) is 4.98 Å². The molecule has 0 radical (unpaired) electrons. The van der Waals surface area contributed by atoms with Crippen LogP contribution >= 0.6 is 0 Å². The Morgan fingerprint density at radius 1 is 1.46 bits per heavy atom. The lowest BCUT2D eigenvalue weighted by atomic mass is 10.0. The standard InChI is InChI=1S/C10H17N3/c11-10-12-7-9(13-10)6-5-8-3-1-2-4-8/h7-8H,1-6H2,(H3,11,12,13). The monoisotopic (exact) mass is 179 g/mol. The zero-order chi connectivity index (χ0) is 9.10. The molecule has 3 nitrogen and oxygen atoms in total. The third kappa shape index (κ3) is 2.23. The van der Waals surface area contributed by atoms with E-state index in [-0.39, 0.29) is 0 Å². The minimum absolute atomic E-state index is 0.543. The van der Waals surface area contributed by atoms with Gasteiger partial charge in [-0.05, 0) is 18.8 Å². The van der Waals surface area contributed by atoms with Gasteiger partial charge in [0.15, 0.2) is 5.95 Å². The van der Waals surface area contributed by atoms with Crippen molar-refractivity contribution in [2.75, 3.05) is 5.73 Å².